The van der Waals surface area contributed by atoms with Gasteiger partial charge < -0.3 is 15.0 Å². The van der Waals surface area contributed by atoms with Gasteiger partial charge in [-0.2, -0.15) is 0 Å². The minimum Gasteiger partial charge on any atom is -0.478 e. The zero-order valence-corrected chi connectivity index (χ0v) is 11.6. The summed E-state index contributed by atoms with van der Waals surface area (Å²) in [6.45, 7) is 4.78. The Morgan fingerprint density at radius 1 is 1.30 bits per heavy atom. The molecule has 0 fully saturated rings. The van der Waals surface area contributed by atoms with Crippen molar-refractivity contribution in [2.45, 2.75) is 20.4 Å². The van der Waals surface area contributed by atoms with E-state index in [9.17, 15) is 14.7 Å². The highest BCUT2D eigenvalue weighted by atomic mass is 16.4. The lowest BCUT2D eigenvalue weighted by atomic mass is 10.2. The monoisotopic (exact) mass is 274 g/mol. The molecule has 20 heavy (non-hydrogen) atoms. The lowest BCUT2D eigenvalue weighted by Crippen LogP contribution is -2.30. The number of carboxylic acids is 1. The summed E-state index contributed by atoms with van der Waals surface area (Å²) in [5.41, 5.74) is 0.974. The number of nitrogens with zero attached hydrogens (tertiary/aromatic N) is 1. The number of para-hydroxylation sites is 1. The van der Waals surface area contributed by atoms with Gasteiger partial charge in [-0.15, -0.1) is 0 Å². The van der Waals surface area contributed by atoms with Crippen molar-refractivity contribution in [2.24, 2.45) is 5.92 Å². The molecule has 5 nitrogen and oxygen atoms in total. The van der Waals surface area contributed by atoms with Crippen molar-refractivity contribution in [3.8, 4) is 0 Å². The molecule has 1 aromatic carbocycles. The summed E-state index contributed by atoms with van der Waals surface area (Å²) in [7, 11) is 0. The standard InChI is InChI=1S/C15H18N2O3/c1-10(2)7-16-14(18)9-17-8-12(15(19)20)11-5-3-4-6-13(11)17/h3-6,8,10H,7,9H2,1-2H3,(H,16,18)(H,19,20). The molecule has 0 atom stereocenters. The number of hydrogen-bond acceptors (Lipinski definition) is 2. The van der Waals surface area contributed by atoms with Gasteiger partial charge in [0.1, 0.15) is 6.54 Å². The lowest BCUT2D eigenvalue weighted by molar-refractivity contribution is -0.121. The van der Waals surface area contributed by atoms with Crippen LogP contribution in [-0.2, 0) is 11.3 Å². The third kappa shape index (κ3) is 2.99. The van der Waals surface area contributed by atoms with Crippen LogP contribution in [0.5, 0.6) is 0 Å². The van der Waals surface area contributed by atoms with Crippen molar-refractivity contribution < 1.29 is 14.7 Å². The fourth-order valence-electron chi connectivity index (χ4n) is 2.08. The number of aromatic carboxylic acids is 1. The maximum atomic E-state index is 11.9. The molecule has 0 aliphatic rings. The maximum Gasteiger partial charge on any atom is 0.337 e. The molecular weight excluding hydrogens is 256 g/mol. The second-order valence-corrected chi connectivity index (χ2v) is 5.19. The topological polar surface area (TPSA) is 71.3 Å². The van der Waals surface area contributed by atoms with Gasteiger partial charge in [0.15, 0.2) is 0 Å². The van der Waals surface area contributed by atoms with Crippen LogP contribution >= 0.6 is 0 Å². The molecule has 5 heteroatoms. The summed E-state index contributed by atoms with van der Waals surface area (Å²) >= 11 is 0. The molecule has 2 N–H and O–H groups in total. The van der Waals surface area contributed by atoms with Crippen molar-refractivity contribution in [2.75, 3.05) is 6.54 Å². The minimum atomic E-state index is -0.984. The number of carbonyl (C=O) groups excluding carboxylic acids is 1. The quantitative estimate of drug-likeness (QED) is 0.877. The van der Waals surface area contributed by atoms with E-state index in [2.05, 4.69) is 5.32 Å². The van der Waals surface area contributed by atoms with Crippen molar-refractivity contribution in [3.63, 3.8) is 0 Å². The highest BCUT2D eigenvalue weighted by Crippen LogP contribution is 2.21. The van der Waals surface area contributed by atoms with Gasteiger partial charge in [-0.3, -0.25) is 4.79 Å². The third-order valence-electron chi connectivity index (χ3n) is 3.04. The molecule has 1 heterocycles. The third-order valence-corrected chi connectivity index (χ3v) is 3.04. The summed E-state index contributed by atoms with van der Waals surface area (Å²) in [6.07, 6.45) is 1.52. The largest absolute Gasteiger partial charge is 0.478 e. The first-order valence-corrected chi connectivity index (χ1v) is 6.57. The SMILES string of the molecule is CC(C)CNC(=O)Cn1cc(C(=O)O)c2ccccc21. The van der Waals surface area contributed by atoms with Crippen LogP contribution < -0.4 is 5.32 Å². The second-order valence-electron chi connectivity index (χ2n) is 5.19. The van der Waals surface area contributed by atoms with E-state index in [1.54, 1.807) is 16.7 Å². The van der Waals surface area contributed by atoms with Crippen LogP contribution in [0.4, 0.5) is 0 Å². The Kier molecular flexibility index (Phi) is 4.08. The van der Waals surface area contributed by atoms with Gasteiger partial charge in [0.05, 0.1) is 5.56 Å². The Morgan fingerprint density at radius 3 is 2.65 bits per heavy atom. The predicted molar refractivity (Wildman–Crippen MR) is 76.7 cm³/mol. The molecule has 0 spiro atoms. The zero-order chi connectivity index (χ0) is 14.7. The van der Waals surface area contributed by atoms with Crippen LogP contribution in [0.15, 0.2) is 30.5 Å². The Bertz CT molecular complexity index is 644. The molecule has 2 rings (SSSR count). The maximum absolute atomic E-state index is 11.9. The molecule has 1 aromatic heterocycles. The van der Waals surface area contributed by atoms with Crippen molar-refractivity contribution in [1.29, 1.82) is 0 Å². The number of carbonyl (C=O) groups is 2. The highest BCUT2D eigenvalue weighted by Gasteiger charge is 2.15. The number of rotatable bonds is 5. The van der Waals surface area contributed by atoms with E-state index in [1.165, 1.54) is 6.20 Å². The Morgan fingerprint density at radius 2 is 2.00 bits per heavy atom. The minimum absolute atomic E-state index is 0.114. The van der Waals surface area contributed by atoms with Crippen LogP contribution in [0.3, 0.4) is 0 Å². The van der Waals surface area contributed by atoms with Crippen molar-refractivity contribution >= 4 is 22.8 Å². The van der Waals surface area contributed by atoms with E-state index in [-0.39, 0.29) is 18.0 Å². The first kappa shape index (κ1) is 14.1. The van der Waals surface area contributed by atoms with Crippen LogP contribution in [0.1, 0.15) is 24.2 Å². The van der Waals surface area contributed by atoms with Crippen LogP contribution in [0.2, 0.25) is 0 Å². The number of nitrogens with one attached hydrogen (secondary N) is 1. The Hall–Kier alpha value is -2.30. The van der Waals surface area contributed by atoms with Crippen molar-refractivity contribution in [1.82, 2.24) is 9.88 Å². The number of benzene rings is 1. The van der Waals surface area contributed by atoms with Crippen LogP contribution in [-0.4, -0.2) is 28.1 Å². The summed E-state index contributed by atoms with van der Waals surface area (Å²) in [5.74, 6) is -0.714. The fourth-order valence-corrected chi connectivity index (χ4v) is 2.08. The van der Waals surface area contributed by atoms with Gasteiger partial charge in [-0.1, -0.05) is 32.0 Å². The van der Waals surface area contributed by atoms with Crippen molar-refractivity contribution in [3.05, 3.63) is 36.0 Å². The normalized spacial score (nSPS) is 10.9. The summed E-state index contributed by atoms with van der Waals surface area (Å²) in [5, 5.41) is 12.7. The van der Waals surface area contributed by atoms with Crippen LogP contribution in [0.25, 0.3) is 10.9 Å². The first-order valence-electron chi connectivity index (χ1n) is 6.57. The van der Waals surface area contributed by atoms with Gasteiger partial charge in [-0.25, -0.2) is 4.79 Å². The smallest absolute Gasteiger partial charge is 0.337 e. The Labute approximate surface area is 117 Å². The van der Waals surface area contributed by atoms with Gasteiger partial charge in [0.2, 0.25) is 5.91 Å². The van der Waals surface area contributed by atoms with E-state index < -0.39 is 5.97 Å². The molecule has 106 valence electrons. The van der Waals surface area contributed by atoms with Gasteiger partial charge in [0, 0.05) is 23.6 Å². The number of hydrogen-bond donors (Lipinski definition) is 2. The second kappa shape index (κ2) is 5.77. The van der Waals surface area contributed by atoms with Gasteiger partial charge >= 0.3 is 5.97 Å². The van der Waals surface area contributed by atoms with E-state index in [0.29, 0.717) is 17.8 Å². The summed E-state index contributed by atoms with van der Waals surface area (Å²) < 4.78 is 1.68. The average Bonchev–Trinajstić information content (AvgIpc) is 2.76. The number of fused-ring (bicyclic) bond motifs is 1. The number of amides is 1. The Balaban J connectivity index is 2.26. The fraction of sp³-hybridized carbons (Fsp3) is 0.333. The predicted octanol–water partition coefficient (Wildman–Crippen LogP) is 2.11. The molecule has 0 unspecified atom stereocenters. The first-order chi connectivity index (χ1) is 9.49. The molecular formula is C15H18N2O3. The molecule has 0 radical (unpaired) electrons. The molecule has 0 aliphatic carbocycles. The molecule has 0 aliphatic heterocycles. The number of aromatic nitrogens is 1. The zero-order valence-electron chi connectivity index (χ0n) is 11.6. The number of carboxylic acid groups (broad SMARTS) is 1. The van der Waals surface area contributed by atoms with E-state index >= 15 is 0 Å². The molecule has 0 saturated heterocycles. The average molecular weight is 274 g/mol. The molecule has 0 saturated carbocycles. The van der Waals surface area contributed by atoms with E-state index in [1.807, 2.05) is 26.0 Å². The van der Waals surface area contributed by atoms with E-state index in [4.69, 9.17) is 0 Å². The molecule has 1 amide bonds. The molecule has 0 bridgehead atoms. The van der Waals surface area contributed by atoms with Crippen LogP contribution in [0, 0.1) is 5.92 Å². The lowest BCUT2D eigenvalue weighted by Gasteiger charge is -2.09. The summed E-state index contributed by atoms with van der Waals surface area (Å²) in [4.78, 5) is 23.1. The van der Waals surface area contributed by atoms with Gasteiger partial charge in [0.25, 0.3) is 0 Å². The summed E-state index contributed by atoms with van der Waals surface area (Å²) in [6, 6.07) is 7.19. The molecule has 2 aromatic rings. The van der Waals surface area contributed by atoms with E-state index in [0.717, 1.165) is 5.52 Å². The van der Waals surface area contributed by atoms with Gasteiger partial charge in [-0.05, 0) is 12.0 Å². The highest BCUT2D eigenvalue weighted by molar-refractivity contribution is 6.03.